The zero-order chi connectivity index (χ0) is 18.3. The highest BCUT2D eigenvalue weighted by atomic mass is 32.2. The van der Waals surface area contributed by atoms with Gasteiger partial charge in [-0.1, -0.05) is 23.9 Å². The number of rotatable bonds is 3. The number of nitrogens with zero attached hydrogens (tertiary/aromatic N) is 2. The van der Waals surface area contributed by atoms with Crippen molar-refractivity contribution in [3.8, 4) is 10.4 Å². The van der Waals surface area contributed by atoms with E-state index in [4.69, 9.17) is 0 Å². The van der Waals surface area contributed by atoms with Gasteiger partial charge in [-0.25, -0.2) is 9.97 Å². The maximum Gasteiger partial charge on any atom is 0.416 e. The molecule has 0 saturated heterocycles. The molecule has 0 spiro atoms. The highest BCUT2D eigenvalue weighted by Gasteiger charge is 2.30. The first-order valence-electron chi connectivity index (χ1n) is 7.56. The van der Waals surface area contributed by atoms with Crippen molar-refractivity contribution in [3.05, 3.63) is 58.5 Å². The average molecular weight is 408 g/mol. The van der Waals surface area contributed by atoms with E-state index in [-0.39, 0.29) is 0 Å². The SMILES string of the molecule is Cc1nc(Sc2cccc(C(F)(F)F)c2)c2c(-c3cccs3)csc2n1. The number of aryl methyl sites for hydroxylation is 1. The maximum atomic E-state index is 13.0. The van der Waals surface area contributed by atoms with E-state index in [9.17, 15) is 13.2 Å². The van der Waals surface area contributed by atoms with Gasteiger partial charge in [-0.2, -0.15) is 13.2 Å². The summed E-state index contributed by atoms with van der Waals surface area (Å²) in [7, 11) is 0. The van der Waals surface area contributed by atoms with Crippen LogP contribution < -0.4 is 0 Å². The number of alkyl halides is 3. The summed E-state index contributed by atoms with van der Waals surface area (Å²) in [5.74, 6) is 0.603. The van der Waals surface area contributed by atoms with E-state index in [1.165, 1.54) is 29.2 Å². The highest BCUT2D eigenvalue weighted by molar-refractivity contribution is 7.99. The Kier molecular flexibility index (Phi) is 4.50. The van der Waals surface area contributed by atoms with Gasteiger partial charge in [0.1, 0.15) is 15.7 Å². The van der Waals surface area contributed by atoms with Crippen molar-refractivity contribution in [2.75, 3.05) is 0 Å². The Hall–Kier alpha value is -1.90. The lowest BCUT2D eigenvalue weighted by molar-refractivity contribution is -0.137. The summed E-state index contributed by atoms with van der Waals surface area (Å²) in [5, 5.41) is 5.59. The van der Waals surface area contributed by atoms with E-state index in [1.807, 2.05) is 22.9 Å². The number of aromatic nitrogens is 2. The summed E-state index contributed by atoms with van der Waals surface area (Å²) in [6.07, 6.45) is -4.36. The summed E-state index contributed by atoms with van der Waals surface area (Å²) in [6, 6.07) is 9.31. The molecule has 3 aromatic heterocycles. The number of thiophene rings is 2. The number of fused-ring (bicyclic) bond motifs is 1. The first kappa shape index (κ1) is 17.5. The standard InChI is InChI=1S/C18H11F3N2S3/c1-10-22-16-15(13(9-25-16)14-6-3-7-24-14)17(23-10)26-12-5-2-4-11(8-12)18(19,20)21/h2-9H,1H3. The molecule has 8 heteroatoms. The monoisotopic (exact) mass is 408 g/mol. The molecule has 3 heterocycles. The Morgan fingerprint density at radius 2 is 1.88 bits per heavy atom. The summed E-state index contributed by atoms with van der Waals surface area (Å²) in [6.45, 7) is 1.79. The van der Waals surface area contributed by atoms with Crippen molar-refractivity contribution < 1.29 is 13.2 Å². The van der Waals surface area contributed by atoms with Crippen LogP contribution in [-0.4, -0.2) is 9.97 Å². The molecule has 0 bridgehead atoms. The van der Waals surface area contributed by atoms with Gasteiger partial charge in [0, 0.05) is 20.7 Å². The normalized spacial score (nSPS) is 12.0. The number of hydrogen-bond donors (Lipinski definition) is 0. The van der Waals surface area contributed by atoms with Gasteiger partial charge in [0.25, 0.3) is 0 Å². The topological polar surface area (TPSA) is 25.8 Å². The summed E-state index contributed by atoms with van der Waals surface area (Å²) in [5.41, 5.74) is 0.364. The predicted molar refractivity (Wildman–Crippen MR) is 101 cm³/mol. The van der Waals surface area contributed by atoms with Gasteiger partial charge in [0.05, 0.1) is 10.9 Å². The summed E-state index contributed by atoms with van der Waals surface area (Å²) >= 11 is 4.37. The minimum Gasteiger partial charge on any atom is -0.226 e. The van der Waals surface area contributed by atoms with Gasteiger partial charge in [0.15, 0.2) is 0 Å². The second kappa shape index (κ2) is 6.68. The minimum atomic E-state index is -4.36. The second-order valence-electron chi connectivity index (χ2n) is 5.51. The van der Waals surface area contributed by atoms with Gasteiger partial charge in [-0.15, -0.1) is 22.7 Å². The first-order chi connectivity index (χ1) is 12.4. The van der Waals surface area contributed by atoms with Gasteiger partial charge in [0.2, 0.25) is 0 Å². The van der Waals surface area contributed by atoms with Crippen molar-refractivity contribution in [2.24, 2.45) is 0 Å². The van der Waals surface area contributed by atoms with E-state index in [1.54, 1.807) is 24.3 Å². The lowest BCUT2D eigenvalue weighted by Gasteiger charge is -2.09. The molecule has 0 aliphatic heterocycles. The van der Waals surface area contributed by atoms with Crippen molar-refractivity contribution in [3.63, 3.8) is 0 Å². The smallest absolute Gasteiger partial charge is 0.226 e. The van der Waals surface area contributed by atoms with Crippen molar-refractivity contribution in [1.82, 2.24) is 9.97 Å². The minimum absolute atomic E-state index is 0.502. The van der Waals surface area contributed by atoms with Crippen LogP contribution in [0.1, 0.15) is 11.4 Å². The molecular formula is C18H11F3N2S3. The van der Waals surface area contributed by atoms with Crippen LogP contribution >= 0.6 is 34.4 Å². The first-order valence-corrected chi connectivity index (χ1v) is 10.1. The molecule has 4 rings (SSSR count). The summed E-state index contributed by atoms with van der Waals surface area (Å²) in [4.78, 5) is 11.4. The quantitative estimate of drug-likeness (QED) is 0.345. The van der Waals surface area contributed by atoms with Crippen LogP contribution in [0.4, 0.5) is 13.2 Å². The molecule has 0 N–H and O–H groups in total. The molecule has 4 aromatic rings. The van der Waals surface area contributed by atoms with E-state index in [0.717, 1.165) is 32.8 Å². The van der Waals surface area contributed by atoms with E-state index in [0.29, 0.717) is 15.7 Å². The molecular weight excluding hydrogens is 397 g/mol. The molecule has 0 aliphatic rings. The van der Waals surface area contributed by atoms with Crippen LogP contribution in [0, 0.1) is 6.92 Å². The molecule has 0 atom stereocenters. The third kappa shape index (κ3) is 3.36. The zero-order valence-electron chi connectivity index (χ0n) is 13.4. The van der Waals surface area contributed by atoms with Crippen molar-refractivity contribution in [1.29, 1.82) is 0 Å². The fourth-order valence-corrected chi connectivity index (χ4v) is 5.46. The molecule has 2 nitrogen and oxygen atoms in total. The lowest BCUT2D eigenvalue weighted by Crippen LogP contribution is -2.04. The van der Waals surface area contributed by atoms with Gasteiger partial charge >= 0.3 is 6.18 Å². The molecule has 1 aromatic carbocycles. The molecule has 0 radical (unpaired) electrons. The lowest BCUT2D eigenvalue weighted by atomic mass is 10.2. The Balaban J connectivity index is 1.83. The van der Waals surface area contributed by atoms with E-state index in [2.05, 4.69) is 9.97 Å². The zero-order valence-corrected chi connectivity index (χ0v) is 15.8. The Morgan fingerprint density at radius 3 is 2.62 bits per heavy atom. The molecule has 0 amide bonds. The third-order valence-electron chi connectivity index (χ3n) is 3.67. The fourth-order valence-electron chi connectivity index (χ4n) is 2.55. The largest absolute Gasteiger partial charge is 0.416 e. The van der Waals surface area contributed by atoms with Gasteiger partial charge in [-0.05, 0) is 36.6 Å². The Bertz CT molecular complexity index is 1070. The fraction of sp³-hybridized carbons (Fsp3) is 0.111. The molecule has 0 aliphatic carbocycles. The average Bonchev–Trinajstić information content (AvgIpc) is 3.23. The van der Waals surface area contributed by atoms with Crippen LogP contribution in [0.5, 0.6) is 0 Å². The Labute approximate surface area is 159 Å². The van der Waals surface area contributed by atoms with Crippen LogP contribution in [-0.2, 0) is 6.18 Å². The maximum absolute atomic E-state index is 13.0. The highest BCUT2D eigenvalue weighted by Crippen LogP contribution is 2.42. The van der Waals surface area contributed by atoms with Crippen LogP contribution in [0.25, 0.3) is 20.7 Å². The van der Waals surface area contributed by atoms with E-state index < -0.39 is 11.7 Å². The number of benzene rings is 1. The van der Waals surface area contributed by atoms with Gasteiger partial charge in [-0.3, -0.25) is 0 Å². The van der Waals surface area contributed by atoms with E-state index >= 15 is 0 Å². The van der Waals surface area contributed by atoms with Crippen LogP contribution in [0.3, 0.4) is 0 Å². The van der Waals surface area contributed by atoms with Crippen molar-refractivity contribution in [2.45, 2.75) is 23.0 Å². The molecule has 0 fully saturated rings. The summed E-state index contributed by atoms with van der Waals surface area (Å²) < 4.78 is 39.0. The molecule has 0 unspecified atom stereocenters. The molecule has 0 saturated carbocycles. The van der Waals surface area contributed by atoms with Crippen LogP contribution in [0.15, 0.2) is 57.1 Å². The second-order valence-corrected chi connectivity index (χ2v) is 8.38. The number of hydrogen-bond acceptors (Lipinski definition) is 5. The predicted octanol–water partition coefficient (Wildman–Crippen LogP) is 6.90. The Morgan fingerprint density at radius 1 is 1.04 bits per heavy atom. The third-order valence-corrected chi connectivity index (χ3v) is 6.43. The number of halogens is 3. The molecule has 132 valence electrons. The molecule has 26 heavy (non-hydrogen) atoms. The van der Waals surface area contributed by atoms with Crippen LogP contribution in [0.2, 0.25) is 0 Å². The van der Waals surface area contributed by atoms with Crippen molar-refractivity contribution >= 4 is 44.7 Å². The van der Waals surface area contributed by atoms with Gasteiger partial charge < -0.3 is 0 Å².